The van der Waals surface area contributed by atoms with Crippen LogP contribution >= 0.6 is 0 Å². The van der Waals surface area contributed by atoms with E-state index in [9.17, 15) is 9.59 Å². The molecule has 0 fully saturated rings. The second-order valence-corrected chi connectivity index (χ2v) is 4.82. The monoisotopic (exact) mass is 295 g/mol. The quantitative estimate of drug-likeness (QED) is 0.519. The largest absolute Gasteiger partial charge is 0.329 e. The van der Waals surface area contributed by atoms with Crippen molar-refractivity contribution in [2.45, 2.75) is 13.8 Å². The van der Waals surface area contributed by atoms with Crippen LogP contribution in [0.4, 0.5) is 5.69 Å². The highest BCUT2D eigenvalue weighted by Crippen LogP contribution is 2.08. The van der Waals surface area contributed by atoms with Crippen LogP contribution < -0.4 is 10.7 Å². The minimum absolute atomic E-state index is 0.564. The second kappa shape index (κ2) is 7.17. The van der Waals surface area contributed by atoms with Gasteiger partial charge in [0.2, 0.25) is 0 Å². The van der Waals surface area contributed by atoms with Crippen LogP contribution in [0.15, 0.2) is 59.7 Å². The summed E-state index contributed by atoms with van der Waals surface area (Å²) in [5, 5.41) is 6.44. The van der Waals surface area contributed by atoms with Gasteiger partial charge >= 0.3 is 11.8 Å². The zero-order valence-electron chi connectivity index (χ0n) is 12.5. The van der Waals surface area contributed by atoms with Crippen LogP contribution in [0, 0.1) is 6.92 Å². The predicted octanol–water partition coefficient (Wildman–Crippen LogP) is 2.47. The number of nitrogens with one attached hydrogen (secondary N) is 2. The van der Waals surface area contributed by atoms with Crippen molar-refractivity contribution in [1.29, 1.82) is 0 Å². The summed E-state index contributed by atoms with van der Waals surface area (Å²) in [6, 6.07) is 16.6. The van der Waals surface area contributed by atoms with Gasteiger partial charge in [0.25, 0.3) is 0 Å². The van der Waals surface area contributed by atoms with Gasteiger partial charge < -0.3 is 5.32 Å². The fourth-order valence-corrected chi connectivity index (χ4v) is 1.75. The highest BCUT2D eigenvalue weighted by Gasteiger charge is 2.13. The van der Waals surface area contributed by atoms with Crippen molar-refractivity contribution in [2.75, 3.05) is 5.32 Å². The lowest BCUT2D eigenvalue weighted by atomic mass is 10.1. The van der Waals surface area contributed by atoms with Crippen molar-refractivity contribution in [3.63, 3.8) is 0 Å². The molecule has 22 heavy (non-hydrogen) atoms. The molecule has 2 N–H and O–H groups in total. The van der Waals surface area contributed by atoms with E-state index in [1.165, 1.54) is 0 Å². The molecular weight excluding hydrogens is 278 g/mol. The summed E-state index contributed by atoms with van der Waals surface area (Å²) >= 11 is 0. The fourth-order valence-electron chi connectivity index (χ4n) is 1.75. The number of amides is 2. The number of rotatable bonds is 3. The Kier molecular flexibility index (Phi) is 5.03. The van der Waals surface area contributed by atoms with Gasteiger partial charge in [-0.15, -0.1) is 0 Å². The normalized spacial score (nSPS) is 10.9. The van der Waals surface area contributed by atoms with E-state index in [4.69, 9.17) is 0 Å². The van der Waals surface area contributed by atoms with E-state index < -0.39 is 11.8 Å². The molecule has 0 atom stereocenters. The molecule has 0 aromatic heterocycles. The van der Waals surface area contributed by atoms with Crippen molar-refractivity contribution in [3.05, 3.63) is 65.7 Å². The van der Waals surface area contributed by atoms with E-state index in [0.717, 1.165) is 11.1 Å². The van der Waals surface area contributed by atoms with E-state index in [1.807, 2.05) is 49.4 Å². The number of benzene rings is 2. The summed E-state index contributed by atoms with van der Waals surface area (Å²) in [6.07, 6.45) is 0. The molecule has 0 aliphatic heterocycles. The Balaban J connectivity index is 1.94. The number of anilines is 1. The molecule has 0 aliphatic rings. The first-order valence-electron chi connectivity index (χ1n) is 6.84. The molecule has 0 aliphatic carbocycles. The fraction of sp³-hybridized carbons (Fsp3) is 0.118. The predicted molar refractivity (Wildman–Crippen MR) is 86.6 cm³/mol. The summed E-state index contributed by atoms with van der Waals surface area (Å²) in [4.78, 5) is 23.5. The summed E-state index contributed by atoms with van der Waals surface area (Å²) in [7, 11) is 0. The van der Waals surface area contributed by atoms with Gasteiger partial charge in [0, 0.05) is 5.69 Å². The Bertz CT molecular complexity index is 692. The first kappa shape index (κ1) is 15.4. The molecular formula is C17H17N3O2. The number of carbonyl (C=O) groups excluding carboxylic acids is 2. The molecule has 5 heteroatoms. The Morgan fingerprint density at radius 1 is 0.909 bits per heavy atom. The minimum Gasteiger partial charge on any atom is -0.318 e. The van der Waals surface area contributed by atoms with Gasteiger partial charge in [0.1, 0.15) is 0 Å². The van der Waals surface area contributed by atoms with Crippen LogP contribution in [0.2, 0.25) is 0 Å². The number of hydrogen-bond donors (Lipinski definition) is 2. The summed E-state index contributed by atoms with van der Waals surface area (Å²) in [5.74, 6) is -1.57. The Hall–Kier alpha value is -2.95. The molecule has 2 aromatic rings. The van der Waals surface area contributed by atoms with Crippen LogP contribution in [-0.4, -0.2) is 17.5 Å². The molecule has 2 rings (SSSR count). The molecule has 0 saturated heterocycles. The summed E-state index contributed by atoms with van der Waals surface area (Å²) in [6.45, 7) is 3.70. The maximum absolute atomic E-state index is 11.8. The number of nitrogens with zero attached hydrogens (tertiary/aromatic N) is 1. The highest BCUT2D eigenvalue weighted by atomic mass is 16.2. The summed E-state index contributed by atoms with van der Waals surface area (Å²) in [5.41, 5.74) is 5.39. The number of hydrazone groups is 1. The molecule has 0 unspecified atom stereocenters. The molecule has 0 heterocycles. The van der Waals surface area contributed by atoms with Gasteiger partial charge in [-0.3, -0.25) is 9.59 Å². The van der Waals surface area contributed by atoms with Gasteiger partial charge in [-0.1, -0.05) is 48.0 Å². The van der Waals surface area contributed by atoms with Crippen molar-refractivity contribution < 1.29 is 9.59 Å². The first-order chi connectivity index (χ1) is 10.6. The Morgan fingerprint density at radius 3 is 2.18 bits per heavy atom. The average Bonchev–Trinajstić information content (AvgIpc) is 2.55. The van der Waals surface area contributed by atoms with Gasteiger partial charge in [0.15, 0.2) is 0 Å². The third-order valence-corrected chi connectivity index (χ3v) is 3.03. The first-order valence-corrected chi connectivity index (χ1v) is 6.84. The van der Waals surface area contributed by atoms with Crippen LogP contribution in [0.25, 0.3) is 0 Å². The lowest BCUT2D eigenvalue weighted by Gasteiger charge is -2.05. The molecule has 2 aromatic carbocycles. The standard InChI is InChI=1S/C17H17N3O2/c1-12-8-10-15(11-9-12)18-16(21)17(22)20-19-13(2)14-6-4-3-5-7-14/h3-11H,1-2H3,(H,18,21)(H,20,22)/b19-13+. The van der Waals surface area contributed by atoms with Gasteiger partial charge in [-0.25, -0.2) is 5.43 Å². The lowest BCUT2D eigenvalue weighted by Crippen LogP contribution is -2.32. The zero-order chi connectivity index (χ0) is 15.9. The SMILES string of the molecule is C/C(=N\NC(=O)C(=O)Nc1ccc(C)cc1)c1ccccc1. The van der Waals surface area contributed by atoms with Gasteiger partial charge in [0.05, 0.1) is 5.71 Å². The maximum atomic E-state index is 11.8. The topological polar surface area (TPSA) is 70.6 Å². The zero-order valence-corrected chi connectivity index (χ0v) is 12.5. The van der Waals surface area contributed by atoms with Crippen LogP contribution in [-0.2, 0) is 9.59 Å². The number of carbonyl (C=O) groups is 2. The van der Waals surface area contributed by atoms with E-state index >= 15 is 0 Å². The van der Waals surface area contributed by atoms with Gasteiger partial charge in [-0.2, -0.15) is 5.10 Å². The van der Waals surface area contributed by atoms with Crippen molar-refractivity contribution >= 4 is 23.2 Å². The minimum atomic E-state index is -0.809. The molecule has 5 nitrogen and oxygen atoms in total. The van der Waals surface area contributed by atoms with Crippen molar-refractivity contribution in [1.82, 2.24) is 5.43 Å². The summed E-state index contributed by atoms with van der Waals surface area (Å²) < 4.78 is 0. The van der Waals surface area contributed by atoms with E-state index in [0.29, 0.717) is 11.4 Å². The number of aryl methyl sites for hydroxylation is 1. The average molecular weight is 295 g/mol. The third kappa shape index (κ3) is 4.28. The smallest absolute Gasteiger partial charge is 0.318 e. The second-order valence-electron chi connectivity index (χ2n) is 4.82. The van der Waals surface area contributed by atoms with Crippen LogP contribution in [0.5, 0.6) is 0 Å². The molecule has 0 spiro atoms. The van der Waals surface area contributed by atoms with E-state index in [-0.39, 0.29) is 0 Å². The van der Waals surface area contributed by atoms with E-state index in [1.54, 1.807) is 19.1 Å². The van der Waals surface area contributed by atoms with Crippen molar-refractivity contribution in [3.8, 4) is 0 Å². The van der Waals surface area contributed by atoms with Gasteiger partial charge in [-0.05, 0) is 31.5 Å². The Morgan fingerprint density at radius 2 is 1.55 bits per heavy atom. The Labute approximate surface area is 129 Å². The van der Waals surface area contributed by atoms with Crippen LogP contribution in [0.1, 0.15) is 18.1 Å². The highest BCUT2D eigenvalue weighted by molar-refractivity contribution is 6.39. The molecule has 0 radical (unpaired) electrons. The van der Waals surface area contributed by atoms with Crippen LogP contribution in [0.3, 0.4) is 0 Å². The number of hydrogen-bond acceptors (Lipinski definition) is 3. The molecule has 0 saturated carbocycles. The third-order valence-electron chi connectivity index (χ3n) is 3.03. The molecule has 0 bridgehead atoms. The van der Waals surface area contributed by atoms with Crippen molar-refractivity contribution in [2.24, 2.45) is 5.10 Å². The molecule has 2 amide bonds. The van der Waals surface area contributed by atoms with E-state index in [2.05, 4.69) is 15.8 Å². The lowest BCUT2D eigenvalue weighted by molar-refractivity contribution is -0.136. The maximum Gasteiger partial charge on any atom is 0.329 e. The molecule has 112 valence electrons.